The molecule has 0 atom stereocenters. The molecule has 0 fully saturated rings. The maximum Gasteiger partial charge on any atom is 0.404 e. The molecule has 0 saturated carbocycles. The van der Waals surface area contributed by atoms with E-state index in [-0.39, 0.29) is 0 Å². The molecule has 0 aliphatic carbocycles. The van der Waals surface area contributed by atoms with E-state index in [1.165, 1.54) is 12.1 Å². The van der Waals surface area contributed by atoms with Crippen LogP contribution in [0, 0.1) is 0 Å². The van der Waals surface area contributed by atoms with Crippen LogP contribution in [0.1, 0.15) is 30.1 Å². The molecular weight excluding hydrogens is 287 g/mol. The van der Waals surface area contributed by atoms with Crippen molar-refractivity contribution < 1.29 is 18.7 Å². The Morgan fingerprint density at radius 3 is 2.27 bits per heavy atom. The van der Waals surface area contributed by atoms with Crippen molar-refractivity contribution in [1.82, 2.24) is 4.90 Å². The number of carbonyl (C=O) groups is 2. The number of anilines is 1. The van der Waals surface area contributed by atoms with Crippen molar-refractivity contribution in [2.45, 2.75) is 19.8 Å². The highest BCUT2D eigenvalue weighted by molar-refractivity contribution is 5.91. The van der Waals surface area contributed by atoms with E-state index in [9.17, 15) is 14.0 Å². The number of hydrogen-bond acceptors (Lipinski definition) is 4. The first-order valence-electron chi connectivity index (χ1n) is 7.34. The molecular formula is C16H23FN2O3. The summed E-state index contributed by atoms with van der Waals surface area (Å²) in [6, 6.07) is 6.18. The lowest BCUT2D eigenvalue weighted by molar-refractivity contribution is 0.0482. The molecule has 0 radical (unpaired) electrons. The third-order valence-corrected chi connectivity index (χ3v) is 3.13. The monoisotopic (exact) mass is 310 g/mol. The van der Waals surface area contributed by atoms with E-state index in [2.05, 4.69) is 0 Å². The van der Waals surface area contributed by atoms with Gasteiger partial charge in [0.15, 0.2) is 0 Å². The minimum absolute atomic E-state index is 0.305. The molecule has 0 bridgehead atoms. The number of carbonyl (C=O) groups excluding carboxylic acids is 2. The standard InChI is InChI=1S/C16H23FN2O3/c1-4-5-10-19(16(17)21)14-8-6-13(7-9-14)15(20)22-12-11-18(2)3/h6-9H,4-5,10-12H2,1-3H3. The number of unbranched alkanes of at least 4 members (excludes halogenated alkanes) is 1. The predicted octanol–water partition coefficient (Wildman–Crippen LogP) is 3.10. The summed E-state index contributed by atoms with van der Waals surface area (Å²) in [6.45, 7) is 3.23. The van der Waals surface area contributed by atoms with Gasteiger partial charge in [-0.05, 0) is 44.8 Å². The summed E-state index contributed by atoms with van der Waals surface area (Å²) in [5.74, 6) is -0.430. The van der Waals surface area contributed by atoms with Gasteiger partial charge in [0.25, 0.3) is 0 Å². The van der Waals surface area contributed by atoms with Gasteiger partial charge in [0, 0.05) is 18.8 Å². The lowest BCUT2D eigenvalue weighted by Gasteiger charge is -2.18. The number of benzene rings is 1. The number of ether oxygens (including phenoxy) is 1. The van der Waals surface area contributed by atoms with Gasteiger partial charge in [0.05, 0.1) is 5.56 Å². The van der Waals surface area contributed by atoms with Crippen LogP contribution in [0.2, 0.25) is 0 Å². The Hall–Kier alpha value is -1.95. The third-order valence-electron chi connectivity index (χ3n) is 3.13. The molecule has 1 amide bonds. The second-order valence-corrected chi connectivity index (χ2v) is 5.24. The van der Waals surface area contributed by atoms with Crippen LogP contribution in [0.5, 0.6) is 0 Å². The molecule has 1 rings (SSSR count). The van der Waals surface area contributed by atoms with Crippen LogP contribution < -0.4 is 4.90 Å². The van der Waals surface area contributed by atoms with Gasteiger partial charge < -0.3 is 9.64 Å². The van der Waals surface area contributed by atoms with E-state index in [1.807, 2.05) is 25.9 Å². The molecule has 5 nitrogen and oxygen atoms in total. The average molecular weight is 310 g/mol. The Balaban J connectivity index is 2.67. The second kappa shape index (κ2) is 9.15. The minimum atomic E-state index is -1.49. The number of hydrogen-bond donors (Lipinski definition) is 0. The van der Waals surface area contributed by atoms with Crippen LogP contribution in [-0.4, -0.2) is 50.8 Å². The Bertz CT molecular complexity index is 489. The van der Waals surface area contributed by atoms with Crippen molar-refractivity contribution in [2.24, 2.45) is 0 Å². The Morgan fingerprint density at radius 2 is 1.77 bits per heavy atom. The van der Waals surface area contributed by atoms with Gasteiger partial charge >= 0.3 is 12.1 Å². The van der Waals surface area contributed by atoms with E-state index in [1.54, 1.807) is 12.1 Å². The molecule has 22 heavy (non-hydrogen) atoms. The lowest BCUT2D eigenvalue weighted by atomic mass is 10.2. The van der Waals surface area contributed by atoms with Crippen LogP contribution in [-0.2, 0) is 4.74 Å². The molecule has 0 unspecified atom stereocenters. The summed E-state index contributed by atoms with van der Waals surface area (Å²) in [5.41, 5.74) is 0.815. The Kier molecular flexibility index (Phi) is 7.52. The summed E-state index contributed by atoms with van der Waals surface area (Å²) in [4.78, 5) is 25.8. The molecule has 122 valence electrons. The number of amides is 1. The van der Waals surface area contributed by atoms with Crippen LogP contribution in [0.4, 0.5) is 14.9 Å². The molecule has 0 aliphatic heterocycles. The van der Waals surface area contributed by atoms with Gasteiger partial charge in [-0.3, -0.25) is 4.90 Å². The zero-order chi connectivity index (χ0) is 16.5. The van der Waals surface area contributed by atoms with Gasteiger partial charge in [-0.2, -0.15) is 0 Å². The maximum atomic E-state index is 13.1. The van der Waals surface area contributed by atoms with E-state index < -0.39 is 12.1 Å². The SMILES string of the molecule is CCCCN(C(=O)F)c1ccc(C(=O)OCCN(C)C)cc1. The van der Waals surface area contributed by atoms with Crippen molar-refractivity contribution >= 4 is 17.8 Å². The summed E-state index contributed by atoms with van der Waals surface area (Å²) >= 11 is 0. The highest BCUT2D eigenvalue weighted by Gasteiger charge is 2.15. The number of esters is 1. The molecule has 0 saturated heterocycles. The van der Waals surface area contributed by atoms with Crippen molar-refractivity contribution in [2.75, 3.05) is 38.7 Å². The smallest absolute Gasteiger partial charge is 0.404 e. The number of nitrogens with zero attached hydrogens (tertiary/aromatic N) is 2. The molecule has 1 aromatic carbocycles. The highest BCUT2D eigenvalue weighted by atomic mass is 19.1. The molecule has 0 aromatic heterocycles. The summed E-state index contributed by atoms with van der Waals surface area (Å²) in [7, 11) is 3.78. The van der Waals surface area contributed by atoms with Gasteiger partial charge in [-0.25, -0.2) is 9.59 Å². The highest BCUT2D eigenvalue weighted by Crippen LogP contribution is 2.18. The van der Waals surface area contributed by atoms with Crippen LogP contribution in [0.15, 0.2) is 24.3 Å². The van der Waals surface area contributed by atoms with Gasteiger partial charge in [0.1, 0.15) is 6.61 Å². The normalized spacial score (nSPS) is 10.6. The fraction of sp³-hybridized carbons (Fsp3) is 0.500. The summed E-state index contributed by atoms with van der Waals surface area (Å²) < 4.78 is 18.2. The van der Waals surface area contributed by atoms with Crippen molar-refractivity contribution in [3.63, 3.8) is 0 Å². The second-order valence-electron chi connectivity index (χ2n) is 5.24. The summed E-state index contributed by atoms with van der Waals surface area (Å²) in [5, 5.41) is 0. The van der Waals surface area contributed by atoms with Crippen LogP contribution >= 0.6 is 0 Å². The molecule has 0 aliphatic rings. The quantitative estimate of drug-likeness (QED) is 0.420. The zero-order valence-electron chi connectivity index (χ0n) is 13.3. The molecule has 1 aromatic rings. The van der Waals surface area contributed by atoms with E-state index in [0.717, 1.165) is 11.3 Å². The minimum Gasteiger partial charge on any atom is -0.461 e. The maximum absolute atomic E-state index is 13.1. The van der Waals surface area contributed by atoms with E-state index >= 15 is 0 Å². The number of rotatable bonds is 8. The average Bonchev–Trinajstić information content (AvgIpc) is 2.47. The van der Waals surface area contributed by atoms with Crippen molar-refractivity contribution in [3.8, 4) is 0 Å². The molecule has 0 N–H and O–H groups in total. The Labute approximate surface area is 130 Å². The fourth-order valence-corrected chi connectivity index (χ4v) is 1.82. The van der Waals surface area contributed by atoms with Crippen molar-refractivity contribution in [1.29, 1.82) is 0 Å². The van der Waals surface area contributed by atoms with Gasteiger partial charge in [-0.1, -0.05) is 13.3 Å². The molecule has 0 heterocycles. The first-order chi connectivity index (χ1) is 10.5. The number of likely N-dealkylation sites (N-methyl/N-ethyl adjacent to an activating group) is 1. The molecule has 6 heteroatoms. The first kappa shape index (κ1) is 18.1. The first-order valence-corrected chi connectivity index (χ1v) is 7.34. The Morgan fingerprint density at radius 1 is 1.14 bits per heavy atom. The predicted molar refractivity (Wildman–Crippen MR) is 84.0 cm³/mol. The zero-order valence-corrected chi connectivity index (χ0v) is 13.3. The van der Waals surface area contributed by atoms with Gasteiger partial charge in [-0.15, -0.1) is 4.39 Å². The van der Waals surface area contributed by atoms with E-state index in [0.29, 0.717) is 37.4 Å². The number of halogens is 1. The van der Waals surface area contributed by atoms with Crippen molar-refractivity contribution in [3.05, 3.63) is 29.8 Å². The van der Waals surface area contributed by atoms with Crippen LogP contribution in [0.25, 0.3) is 0 Å². The third kappa shape index (κ3) is 5.81. The van der Waals surface area contributed by atoms with Gasteiger partial charge in [0.2, 0.25) is 0 Å². The fourth-order valence-electron chi connectivity index (χ4n) is 1.82. The largest absolute Gasteiger partial charge is 0.461 e. The summed E-state index contributed by atoms with van der Waals surface area (Å²) in [6.07, 6.45) is 0.0825. The lowest BCUT2D eigenvalue weighted by Crippen LogP contribution is -2.27. The van der Waals surface area contributed by atoms with E-state index in [4.69, 9.17) is 4.74 Å². The topological polar surface area (TPSA) is 49.9 Å². The van der Waals surface area contributed by atoms with Crippen LogP contribution in [0.3, 0.4) is 0 Å². The molecule has 0 spiro atoms.